The number of hydrogen-bond donors (Lipinski definition) is 3. The van der Waals surface area contributed by atoms with Crippen molar-refractivity contribution in [3.8, 4) is 11.3 Å². The van der Waals surface area contributed by atoms with Gasteiger partial charge in [-0.25, -0.2) is 0 Å². The predicted octanol–water partition coefficient (Wildman–Crippen LogP) is 6.21. The number of halogens is 1. The van der Waals surface area contributed by atoms with Crippen LogP contribution in [0.4, 0.5) is 4.39 Å². The van der Waals surface area contributed by atoms with Crippen molar-refractivity contribution in [2.45, 2.75) is 32.1 Å². The zero-order valence-corrected chi connectivity index (χ0v) is 15.2. The molecule has 0 spiro atoms. The van der Waals surface area contributed by atoms with Gasteiger partial charge in [-0.3, -0.25) is 0 Å². The molecule has 0 bridgehead atoms. The van der Waals surface area contributed by atoms with Crippen molar-refractivity contribution in [3.63, 3.8) is 0 Å². The zero-order valence-electron chi connectivity index (χ0n) is 14.3. The standard InChI is InChI=1S/C19H18FNO2.CH4S/c1-11(9-16(22)12-5-6-12)14-10-21-15-4-2-3-13(19(14)15)17-7-8-18(20)23-17;1-2/h2-4,7-8,10-11,21-22H,5-6,9H2,1H3;2H,1H3. The van der Waals surface area contributed by atoms with Crippen LogP contribution in [0.3, 0.4) is 0 Å². The van der Waals surface area contributed by atoms with Crippen molar-refractivity contribution in [1.29, 1.82) is 0 Å². The minimum absolute atomic E-state index is 0.165. The average molecular weight is 359 g/mol. The van der Waals surface area contributed by atoms with E-state index in [1.165, 1.54) is 11.6 Å². The lowest BCUT2D eigenvalue weighted by molar-refractivity contribution is 0.367. The van der Waals surface area contributed by atoms with Crippen molar-refractivity contribution in [3.05, 3.63) is 59.4 Å². The van der Waals surface area contributed by atoms with Crippen molar-refractivity contribution in [2.24, 2.45) is 0 Å². The van der Waals surface area contributed by atoms with Crippen LogP contribution < -0.4 is 0 Å². The smallest absolute Gasteiger partial charge is 0.278 e. The number of aromatic amines is 1. The predicted molar refractivity (Wildman–Crippen MR) is 103 cm³/mol. The molecule has 2 N–H and O–H groups in total. The van der Waals surface area contributed by atoms with E-state index in [1.54, 1.807) is 12.3 Å². The first-order chi connectivity index (χ1) is 12.1. The summed E-state index contributed by atoms with van der Waals surface area (Å²) < 4.78 is 18.4. The third kappa shape index (κ3) is 3.61. The number of fused-ring (bicyclic) bond motifs is 1. The Labute approximate surface area is 152 Å². The minimum atomic E-state index is -0.585. The molecule has 1 fully saturated rings. The van der Waals surface area contributed by atoms with Gasteiger partial charge in [0.25, 0.3) is 6.01 Å². The van der Waals surface area contributed by atoms with Gasteiger partial charge in [0.1, 0.15) is 5.76 Å². The van der Waals surface area contributed by atoms with Gasteiger partial charge in [-0.2, -0.15) is 17.0 Å². The first-order valence-corrected chi connectivity index (χ1v) is 9.23. The molecular formula is C20H22FNO2S. The Morgan fingerprint density at radius 3 is 2.68 bits per heavy atom. The van der Waals surface area contributed by atoms with E-state index < -0.39 is 6.01 Å². The molecule has 132 valence electrons. The summed E-state index contributed by atoms with van der Waals surface area (Å²) in [6, 6.07) is 8.24. The van der Waals surface area contributed by atoms with Gasteiger partial charge in [-0.1, -0.05) is 19.1 Å². The van der Waals surface area contributed by atoms with Crippen molar-refractivity contribution in [1.82, 2.24) is 4.98 Å². The molecule has 1 aromatic carbocycles. The van der Waals surface area contributed by atoms with E-state index in [0.29, 0.717) is 17.9 Å². The lowest BCUT2D eigenvalue weighted by atomic mass is 9.93. The van der Waals surface area contributed by atoms with Crippen LogP contribution in [-0.2, 0) is 0 Å². The maximum atomic E-state index is 13.3. The Morgan fingerprint density at radius 1 is 1.28 bits per heavy atom. The first-order valence-electron chi connectivity index (χ1n) is 8.34. The molecule has 1 atom stereocenters. The molecule has 0 saturated heterocycles. The number of rotatable bonds is 4. The highest BCUT2D eigenvalue weighted by atomic mass is 32.1. The molecule has 2 heterocycles. The van der Waals surface area contributed by atoms with Gasteiger partial charge >= 0.3 is 0 Å². The maximum absolute atomic E-state index is 13.3. The molecule has 0 amide bonds. The topological polar surface area (TPSA) is 49.2 Å². The Bertz CT molecular complexity index is 903. The lowest BCUT2D eigenvalue weighted by Crippen LogP contribution is -1.96. The van der Waals surface area contributed by atoms with E-state index in [2.05, 4.69) is 24.5 Å². The third-order valence-electron chi connectivity index (χ3n) is 4.51. The number of H-pyrrole nitrogens is 1. The van der Waals surface area contributed by atoms with Crippen LogP contribution in [-0.4, -0.2) is 16.3 Å². The number of hydrogen-bond acceptors (Lipinski definition) is 3. The molecule has 1 saturated carbocycles. The second-order valence-corrected chi connectivity index (χ2v) is 6.23. The van der Waals surface area contributed by atoms with E-state index in [0.717, 1.165) is 34.9 Å². The van der Waals surface area contributed by atoms with Gasteiger partial charge in [-0.15, -0.1) is 0 Å². The molecule has 1 aliphatic rings. The fourth-order valence-corrected chi connectivity index (χ4v) is 3.16. The Balaban J connectivity index is 0.000000880. The first kappa shape index (κ1) is 17.7. The summed E-state index contributed by atoms with van der Waals surface area (Å²) in [5.41, 5.74) is 4.14. The number of furan rings is 1. The molecule has 25 heavy (non-hydrogen) atoms. The molecule has 0 radical (unpaired) electrons. The van der Waals surface area contributed by atoms with Crippen LogP contribution >= 0.6 is 12.6 Å². The minimum Gasteiger partial charge on any atom is -0.512 e. The van der Waals surface area contributed by atoms with Crippen LogP contribution in [0.25, 0.3) is 22.2 Å². The number of aromatic nitrogens is 1. The summed E-state index contributed by atoms with van der Waals surface area (Å²) >= 11 is 3.53. The monoisotopic (exact) mass is 359 g/mol. The summed E-state index contributed by atoms with van der Waals surface area (Å²) in [7, 11) is 0. The molecule has 1 aliphatic carbocycles. The molecule has 0 aliphatic heterocycles. The molecular weight excluding hydrogens is 337 g/mol. The summed E-state index contributed by atoms with van der Waals surface area (Å²) in [5.74, 6) is 1.21. The van der Waals surface area contributed by atoms with Gasteiger partial charge in [-0.05, 0) is 48.3 Å². The summed E-state index contributed by atoms with van der Waals surface area (Å²) in [6.45, 7) is 2.10. The van der Waals surface area contributed by atoms with Crippen molar-refractivity contribution >= 4 is 23.5 Å². The zero-order chi connectivity index (χ0) is 18.0. The summed E-state index contributed by atoms with van der Waals surface area (Å²) in [5, 5.41) is 11.2. The van der Waals surface area contributed by atoms with Crippen LogP contribution in [0, 0.1) is 6.01 Å². The maximum Gasteiger partial charge on any atom is 0.278 e. The second-order valence-electron chi connectivity index (χ2n) is 6.23. The summed E-state index contributed by atoms with van der Waals surface area (Å²) in [6.07, 6.45) is 6.33. The number of aliphatic hydroxyl groups excluding tert-OH is 1. The largest absolute Gasteiger partial charge is 0.512 e. The molecule has 3 nitrogen and oxygen atoms in total. The number of benzene rings is 1. The highest BCUT2D eigenvalue weighted by Gasteiger charge is 2.22. The van der Waals surface area contributed by atoms with Gasteiger partial charge in [0.2, 0.25) is 0 Å². The van der Waals surface area contributed by atoms with E-state index in [1.807, 2.05) is 24.4 Å². The van der Waals surface area contributed by atoms with Crippen LogP contribution in [0.1, 0.15) is 37.7 Å². The fraction of sp³-hybridized carbons (Fsp3) is 0.300. The molecule has 1 unspecified atom stereocenters. The Morgan fingerprint density at radius 2 is 2.04 bits per heavy atom. The Kier molecular flexibility index (Phi) is 5.23. The third-order valence-corrected chi connectivity index (χ3v) is 4.51. The normalized spacial score (nSPS) is 14.2. The Hall–Kier alpha value is -2.14. The van der Waals surface area contributed by atoms with Crippen LogP contribution in [0.15, 0.2) is 52.3 Å². The van der Waals surface area contributed by atoms with Gasteiger partial charge in [0.15, 0.2) is 0 Å². The summed E-state index contributed by atoms with van der Waals surface area (Å²) in [4.78, 5) is 3.27. The number of aliphatic hydroxyl groups is 1. The van der Waals surface area contributed by atoms with E-state index in [4.69, 9.17) is 4.42 Å². The lowest BCUT2D eigenvalue weighted by Gasteiger charge is -2.12. The highest BCUT2D eigenvalue weighted by Crippen LogP contribution is 2.39. The van der Waals surface area contributed by atoms with E-state index >= 15 is 0 Å². The van der Waals surface area contributed by atoms with E-state index in [-0.39, 0.29) is 5.92 Å². The molecule has 3 aromatic rings. The average Bonchev–Trinajstić information content (AvgIpc) is 3.25. The van der Waals surface area contributed by atoms with E-state index in [9.17, 15) is 9.50 Å². The second kappa shape index (κ2) is 7.40. The molecule has 4 rings (SSSR count). The molecule has 5 heteroatoms. The molecule has 2 aromatic heterocycles. The van der Waals surface area contributed by atoms with Crippen LogP contribution in [0.5, 0.6) is 0 Å². The highest BCUT2D eigenvalue weighted by molar-refractivity contribution is 7.79. The van der Waals surface area contributed by atoms with Gasteiger partial charge in [0.05, 0.1) is 5.76 Å². The van der Waals surface area contributed by atoms with Crippen molar-refractivity contribution in [2.75, 3.05) is 6.26 Å². The quantitative estimate of drug-likeness (QED) is 0.383. The fourth-order valence-electron chi connectivity index (χ4n) is 3.16. The number of thiol groups is 1. The van der Waals surface area contributed by atoms with Crippen LogP contribution in [0.2, 0.25) is 0 Å². The van der Waals surface area contributed by atoms with Gasteiger partial charge in [0, 0.05) is 35.2 Å². The van der Waals surface area contributed by atoms with Gasteiger partial charge < -0.3 is 14.5 Å². The number of allylic oxidation sites excluding steroid dienone is 2. The number of nitrogens with one attached hydrogen (secondary N) is 1. The SMILES string of the molecule is CC(CC(O)=C1CC1)c1c[nH]c2cccc(-c3ccc(F)o3)c12.CS. The van der Waals surface area contributed by atoms with Crippen molar-refractivity contribution < 1.29 is 13.9 Å².